The van der Waals surface area contributed by atoms with Crippen molar-refractivity contribution in [3.8, 4) is 0 Å². The molecule has 0 amide bonds. The van der Waals surface area contributed by atoms with Crippen LogP contribution in [0.15, 0.2) is 29.0 Å². The summed E-state index contributed by atoms with van der Waals surface area (Å²) in [6.07, 6.45) is 3.95. The van der Waals surface area contributed by atoms with Crippen molar-refractivity contribution in [2.75, 3.05) is 13.1 Å². The third-order valence-electron chi connectivity index (χ3n) is 3.01. The largest absolute Gasteiger partial charge is 0.456 e. The molecule has 1 unspecified atom stereocenters. The van der Waals surface area contributed by atoms with Crippen molar-refractivity contribution < 1.29 is 9.53 Å². The minimum Gasteiger partial charge on any atom is -0.456 e. The third kappa shape index (κ3) is 4.18. The van der Waals surface area contributed by atoms with Gasteiger partial charge in [-0.25, -0.2) is 0 Å². The van der Waals surface area contributed by atoms with E-state index in [1.165, 1.54) is 5.56 Å². The fraction of sp³-hybridized carbons (Fsp3) is 0.533. The molecule has 0 saturated heterocycles. The summed E-state index contributed by atoms with van der Waals surface area (Å²) in [5, 5.41) is 4.25. The van der Waals surface area contributed by atoms with E-state index in [0.717, 1.165) is 19.6 Å². The lowest BCUT2D eigenvalue weighted by Gasteiger charge is -2.30. The molecule has 1 aromatic heterocycles. The van der Waals surface area contributed by atoms with Crippen molar-refractivity contribution in [1.29, 1.82) is 0 Å². The molecule has 2 rings (SSSR count). The van der Waals surface area contributed by atoms with Crippen LogP contribution >= 0.6 is 11.3 Å². The molecule has 0 N–H and O–H groups in total. The van der Waals surface area contributed by atoms with E-state index in [-0.39, 0.29) is 12.1 Å². The highest BCUT2D eigenvalue weighted by Gasteiger charge is 2.27. The number of hydrogen-bond acceptors (Lipinski definition) is 4. The maximum absolute atomic E-state index is 11.9. The van der Waals surface area contributed by atoms with Crippen LogP contribution in [0.2, 0.25) is 0 Å². The average Bonchev–Trinajstić information content (AvgIpc) is 2.81. The lowest BCUT2D eigenvalue weighted by molar-refractivity contribution is -0.157. The first-order valence-corrected chi connectivity index (χ1v) is 7.50. The molecule has 4 heteroatoms. The molecule has 19 heavy (non-hydrogen) atoms. The summed E-state index contributed by atoms with van der Waals surface area (Å²) < 4.78 is 5.54. The molecule has 0 fully saturated rings. The van der Waals surface area contributed by atoms with Gasteiger partial charge in [0.25, 0.3) is 0 Å². The summed E-state index contributed by atoms with van der Waals surface area (Å²) in [6, 6.07) is 2.14. The lowest BCUT2D eigenvalue weighted by atomic mass is 9.97. The van der Waals surface area contributed by atoms with Crippen LogP contribution < -0.4 is 0 Å². The number of hydrogen-bond donors (Lipinski definition) is 0. The Kier molecular flexibility index (Phi) is 4.42. The van der Waals surface area contributed by atoms with E-state index in [0.29, 0.717) is 0 Å². The highest BCUT2D eigenvalue weighted by molar-refractivity contribution is 7.07. The van der Waals surface area contributed by atoms with E-state index in [1.54, 1.807) is 11.3 Å². The predicted octanol–water partition coefficient (Wildman–Crippen LogP) is 3.08. The Morgan fingerprint density at radius 2 is 2.32 bits per heavy atom. The minimum absolute atomic E-state index is 0.126. The quantitative estimate of drug-likeness (QED) is 0.629. The van der Waals surface area contributed by atoms with Crippen molar-refractivity contribution in [3.05, 3.63) is 34.5 Å². The molecule has 0 radical (unpaired) electrons. The lowest BCUT2D eigenvalue weighted by Crippen LogP contribution is -2.39. The Hall–Kier alpha value is -1.13. The second-order valence-corrected chi connectivity index (χ2v) is 6.73. The monoisotopic (exact) mass is 279 g/mol. The minimum atomic E-state index is -0.441. The number of rotatable bonds is 3. The van der Waals surface area contributed by atoms with Gasteiger partial charge in [-0.05, 0) is 49.2 Å². The first-order valence-electron chi connectivity index (χ1n) is 6.56. The first-order chi connectivity index (χ1) is 8.95. The molecule has 1 aromatic rings. The van der Waals surface area contributed by atoms with Gasteiger partial charge in [0, 0.05) is 19.6 Å². The SMILES string of the molecule is CC(C)(C)C(=O)OC1C=CCN(Cc2ccsc2)C1. The Morgan fingerprint density at radius 1 is 1.53 bits per heavy atom. The number of carbonyl (C=O) groups excluding carboxylic acids is 1. The maximum Gasteiger partial charge on any atom is 0.311 e. The molecule has 3 nitrogen and oxygen atoms in total. The van der Waals surface area contributed by atoms with Gasteiger partial charge < -0.3 is 4.74 Å². The molecular weight excluding hydrogens is 258 g/mol. The van der Waals surface area contributed by atoms with E-state index in [4.69, 9.17) is 4.74 Å². The Morgan fingerprint density at radius 3 is 2.95 bits per heavy atom. The average molecular weight is 279 g/mol. The van der Waals surface area contributed by atoms with Crippen LogP contribution in [0.3, 0.4) is 0 Å². The molecular formula is C15H21NO2S. The molecule has 0 aliphatic carbocycles. The second-order valence-electron chi connectivity index (χ2n) is 5.95. The van der Waals surface area contributed by atoms with E-state index in [2.05, 4.69) is 27.8 Å². The smallest absolute Gasteiger partial charge is 0.311 e. The van der Waals surface area contributed by atoms with Crippen LogP contribution in [0.4, 0.5) is 0 Å². The Balaban J connectivity index is 1.89. The van der Waals surface area contributed by atoms with Gasteiger partial charge >= 0.3 is 5.97 Å². The zero-order chi connectivity index (χ0) is 13.9. The maximum atomic E-state index is 11.9. The summed E-state index contributed by atoms with van der Waals surface area (Å²) in [7, 11) is 0. The van der Waals surface area contributed by atoms with Gasteiger partial charge in [0.2, 0.25) is 0 Å². The number of carbonyl (C=O) groups is 1. The van der Waals surface area contributed by atoms with E-state index in [1.807, 2.05) is 26.8 Å². The third-order valence-corrected chi connectivity index (χ3v) is 3.74. The number of esters is 1. The van der Waals surface area contributed by atoms with Crippen LogP contribution in [0.25, 0.3) is 0 Å². The molecule has 0 saturated carbocycles. The Labute approximate surface area is 118 Å². The van der Waals surface area contributed by atoms with Crippen LogP contribution in [0, 0.1) is 5.41 Å². The zero-order valence-electron chi connectivity index (χ0n) is 11.8. The van der Waals surface area contributed by atoms with E-state index in [9.17, 15) is 4.79 Å². The first kappa shape index (κ1) is 14.3. The molecule has 1 aliphatic rings. The van der Waals surface area contributed by atoms with Gasteiger partial charge in [0.1, 0.15) is 6.10 Å². The van der Waals surface area contributed by atoms with Gasteiger partial charge in [-0.1, -0.05) is 6.08 Å². The number of ether oxygens (including phenoxy) is 1. The normalized spacial score (nSPS) is 20.5. The van der Waals surface area contributed by atoms with Crippen LogP contribution in [-0.2, 0) is 16.1 Å². The molecule has 0 aromatic carbocycles. The van der Waals surface area contributed by atoms with Crippen molar-refractivity contribution >= 4 is 17.3 Å². The summed E-state index contributed by atoms with van der Waals surface area (Å²) in [5.74, 6) is -0.139. The van der Waals surface area contributed by atoms with Crippen molar-refractivity contribution in [1.82, 2.24) is 4.90 Å². The second kappa shape index (κ2) is 5.88. The standard InChI is InChI=1S/C15H21NO2S/c1-15(2,3)14(17)18-13-5-4-7-16(10-13)9-12-6-8-19-11-12/h4-6,8,11,13H,7,9-10H2,1-3H3. The highest BCUT2D eigenvalue weighted by atomic mass is 32.1. The van der Waals surface area contributed by atoms with Crippen molar-refractivity contribution in [2.45, 2.75) is 33.4 Å². The van der Waals surface area contributed by atoms with Crippen LogP contribution in [0.5, 0.6) is 0 Å². The predicted molar refractivity (Wildman–Crippen MR) is 78.1 cm³/mol. The van der Waals surface area contributed by atoms with E-state index >= 15 is 0 Å². The van der Waals surface area contributed by atoms with E-state index < -0.39 is 5.41 Å². The number of nitrogens with zero attached hydrogens (tertiary/aromatic N) is 1. The molecule has 104 valence electrons. The summed E-state index contributed by atoms with van der Waals surface area (Å²) in [4.78, 5) is 14.2. The van der Waals surface area contributed by atoms with Gasteiger partial charge in [0.05, 0.1) is 5.41 Å². The molecule has 2 heterocycles. The van der Waals surface area contributed by atoms with Gasteiger partial charge in [-0.15, -0.1) is 0 Å². The fourth-order valence-electron chi connectivity index (χ4n) is 1.91. The number of thiophene rings is 1. The molecule has 0 bridgehead atoms. The molecule has 0 spiro atoms. The van der Waals surface area contributed by atoms with Crippen LogP contribution in [0.1, 0.15) is 26.3 Å². The van der Waals surface area contributed by atoms with Crippen LogP contribution in [-0.4, -0.2) is 30.1 Å². The van der Waals surface area contributed by atoms with Gasteiger partial charge in [-0.2, -0.15) is 11.3 Å². The van der Waals surface area contributed by atoms with Gasteiger partial charge in [0.15, 0.2) is 0 Å². The van der Waals surface area contributed by atoms with Gasteiger partial charge in [-0.3, -0.25) is 9.69 Å². The fourth-order valence-corrected chi connectivity index (χ4v) is 2.57. The van der Waals surface area contributed by atoms with Crippen molar-refractivity contribution in [2.24, 2.45) is 5.41 Å². The topological polar surface area (TPSA) is 29.5 Å². The Bertz CT molecular complexity index is 445. The summed E-state index contributed by atoms with van der Waals surface area (Å²) >= 11 is 1.71. The highest BCUT2D eigenvalue weighted by Crippen LogP contribution is 2.19. The van der Waals surface area contributed by atoms with Crippen molar-refractivity contribution in [3.63, 3.8) is 0 Å². The summed E-state index contributed by atoms with van der Waals surface area (Å²) in [6.45, 7) is 8.24. The molecule has 1 aliphatic heterocycles. The zero-order valence-corrected chi connectivity index (χ0v) is 12.6. The summed E-state index contributed by atoms with van der Waals surface area (Å²) in [5.41, 5.74) is 0.880. The molecule has 1 atom stereocenters.